The van der Waals surface area contributed by atoms with Gasteiger partial charge in [0.2, 0.25) is 5.88 Å². The molecule has 0 amide bonds. The second-order valence-corrected chi connectivity index (χ2v) is 4.34. The van der Waals surface area contributed by atoms with Crippen LogP contribution in [0.25, 0.3) is 5.65 Å². The van der Waals surface area contributed by atoms with E-state index in [1.807, 2.05) is 13.0 Å². The van der Waals surface area contributed by atoms with Crippen molar-refractivity contribution in [2.24, 2.45) is 0 Å². The van der Waals surface area contributed by atoms with E-state index >= 15 is 0 Å². The Balaban J connectivity index is 2.46. The van der Waals surface area contributed by atoms with Gasteiger partial charge in [-0.2, -0.15) is 4.98 Å². The molecule has 0 aliphatic carbocycles. The molecule has 1 N–H and O–H groups in total. The van der Waals surface area contributed by atoms with Crippen LogP contribution in [0.3, 0.4) is 0 Å². The molecule has 0 saturated heterocycles. The summed E-state index contributed by atoms with van der Waals surface area (Å²) in [5, 5.41) is 3.03. The third-order valence-corrected chi connectivity index (χ3v) is 2.52. The van der Waals surface area contributed by atoms with Crippen LogP contribution >= 0.6 is 0 Å². The van der Waals surface area contributed by atoms with Gasteiger partial charge in [-0.05, 0) is 12.3 Å². The van der Waals surface area contributed by atoms with E-state index in [0.717, 1.165) is 12.1 Å². The zero-order chi connectivity index (χ0) is 12.4. The van der Waals surface area contributed by atoms with E-state index in [4.69, 9.17) is 4.74 Å². The zero-order valence-electron chi connectivity index (χ0n) is 10.4. The number of hydrogen-bond acceptors (Lipinski definition) is 3. The van der Waals surface area contributed by atoms with Crippen LogP contribution in [-0.2, 0) is 0 Å². The first kappa shape index (κ1) is 11.7. The minimum atomic E-state index is -0.145. The number of aromatic amines is 1. The first-order chi connectivity index (χ1) is 8.11. The Morgan fingerprint density at radius 2 is 2.24 bits per heavy atom. The Morgan fingerprint density at radius 1 is 1.47 bits per heavy atom. The minimum Gasteiger partial charge on any atom is -0.477 e. The van der Waals surface area contributed by atoms with E-state index in [1.54, 1.807) is 0 Å². The molecular weight excluding hydrogens is 218 g/mol. The Morgan fingerprint density at radius 3 is 2.88 bits per heavy atom. The largest absolute Gasteiger partial charge is 0.477 e. The molecule has 0 bridgehead atoms. The van der Waals surface area contributed by atoms with E-state index in [-0.39, 0.29) is 5.56 Å². The van der Waals surface area contributed by atoms with Gasteiger partial charge in [0.15, 0.2) is 5.65 Å². The van der Waals surface area contributed by atoms with Crippen molar-refractivity contribution >= 4 is 5.65 Å². The third kappa shape index (κ3) is 2.33. The molecule has 2 heterocycles. The summed E-state index contributed by atoms with van der Waals surface area (Å²) in [4.78, 5) is 16.1. The Bertz CT molecular complexity index is 569. The average molecular weight is 235 g/mol. The molecule has 0 fully saturated rings. The number of aromatic nitrogens is 3. The van der Waals surface area contributed by atoms with Gasteiger partial charge < -0.3 is 4.74 Å². The van der Waals surface area contributed by atoms with Crippen LogP contribution in [0.15, 0.2) is 16.9 Å². The van der Waals surface area contributed by atoms with Crippen molar-refractivity contribution in [1.29, 1.82) is 0 Å². The zero-order valence-corrected chi connectivity index (χ0v) is 10.4. The second-order valence-electron chi connectivity index (χ2n) is 4.34. The number of H-pyrrole nitrogens is 1. The predicted molar refractivity (Wildman–Crippen MR) is 65.7 cm³/mol. The summed E-state index contributed by atoms with van der Waals surface area (Å²) < 4.78 is 6.81. The van der Waals surface area contributed by atoms with Crippen LogP contribution in [0, 0.1) is 0 Å². The standard InChI is InChI=1S/C12H17N3O2/c1-4-5-17-11-7-12(16)15-10(13-11)6-9(14-15)8(2)3/h6-8,14H,4-5H2,1-3H3. The molecule has 0 aliphatic rings. The summed E-state index contributed by atoms with van der Waals surface area (Å²) in [5.74, 6) is 0.724. The van der Waals surface area contributed by atoms with Gasteiger partial charge in [0.05, 0.1) is 12.7 Å². The van der Waals surface area contributed by atoms with Crippen LogP contribution in [0.1, 0.15) is 38.8 Å². The molecule has 0 aromatic carbocycles. The molecule has 0 atom stereocenters. The summed E-state index contributed by atoms with van der Waals surface area (Å²) in [7, 11) is 0. The Labute approximate surface area is 99.4 Å². The van der Waals surface area contributed by atoms with E-state index in [0.29, 0.717) is 24.1 Å². The fourth-order valence-electron chi connectivity index (χ4n) is 1.56. The highest BCUT2D eigenvalue weighted by atomic mass is 16.5. The summed E-state index contributed by atoms with van der Waals surface area (Å²) in [6.45, 7) is 6.71. The number of fused-ring (bicyclic) bond motifs is 1. The molecular formula is C12H17N3O2. The van der Waals surface area contributed by atoms with Crippen LogP contribution in [0.4, 0.5) is 0 Å². The molecule has 2 aromatic heterocycles. The van der Waals surface area contributed by atoms with E-state index < -0.39 is 0 Å². The van der Waals surface area contributed by atoms with Gasteiger partial charge in [-0.1, -0.05) is 20.8 Å². The van der Waals surface area contributed by atoms with Crippen LogP contribution in [0.2, 0.25) is 0 Å². The minimum absolute atomic E-state index is 0.145. The Hall–Kier alpha value is -1.78. The van der Waals surface area contributed by atoms with Crippen molar-refractivity contribution in [2.45, 2.75) is 33.1 Å². The van der Waals surface area contributed by atoms with Gasteiger partial charge in [-0.3, -0.25) is 9.89 Å². The van der Waals surface area contributed by atoms with Crippen molar-refractivity contribution in [2.75, 3.05) is 6.61 Å². The topological polar surface area (TPSA) is 59.4 Å². The number of ether oxygens (including phenoxy) is 1. The molecule has 0 saturated carbocycles. The quantitative estimate of drug-likeness (QED) is 0.881. The third-order valence-electron chi connectivity index (χ3n) is 2.52. The fraction of sp³-hybridized carbons (Fsp3) is 0.500. The predicted octanol–water partition coefficient (Wildman–Crippen LogP) is 1.93. The monoisotopic (exact) mass is 235 g/mol. The number of nitrogens with zero attached hydrogens (tertiary/aromatic N) is 2. The molecule has 0 unspecified atom stereocenters. The molecule has 17 heavy (non-hydrogen) atoms. The molecule has 2 aromatic rings. The van der Waals surface area contributed by atoms with Gasteiger partial charge in [0.1, 0.15) is 0 Å². The van der Waals surface area contributed by atoms with Crippen LogP contribution in [-0.4, -0.2) is 21.2 Å². The number of nitrogens with one attached hydrogen (secondary N) is 1. The fourth-order valence-corrected chi connectivity index (χ4v) is 1.56. The lowest BCUT2D eigenvalue weighted by Gasteiger charge is -2.02. The molecule has 0 aliphatic heterocycles. The van der Waals surface area contributed by atoms with E-state index in [9.17, 15) is 4.79 Å². The highest BCUT2D eigenvalue weighted by Crippen LogP contribution is 2.14. The highest BCUT2D eigenvalue weighted by molar-refractivity contribution is 5.41. The summed E-state index contributed by atoms with van der Waals surface area (Å²) >= 11 is 0. The summed E-state index contributed by atoms with van der Waals surface area (Å²) in [6, 6.07) is 3.29. The summed E-state index contributed by atoms with van der Waals surface area (Å²) in [6.07, 6.45) is 0.894. The maximum Gasteiger partial charge on any atom is 0.276 e. The van der Waals surface area contributed by atoms with Crippen molar-refractivity contribution < 1.29 is 4.74 Å². The van der Waals surface area contributed by atoms with Crippen LogP contribution < -0.4 is 10.3 Å². The van der Waals surface area contributed by atoms with Crippen molar-refractivity contribution in [3.05, 3.63) is 28.2 Å². The Kier molecular flexibility index (Phi) is 3.17. The van der Waals surface area contributed by atoms with Crippen molar-refractivity contribution in [3.8, 4) is 5.88 Å². The molecule has 92 valence electrons. The highest BCUT2D eigenvalue weighted by Gasteiger charge is 2.08. The molecule has 0 spiro atoms. The van der Waals surface area contributed by atoms with Gasteiger partial charge >= 0.3 is 0 Å². The SMILES string of the molecule is CCCOc1cc(=O)n2[nH]c(C(C)C)cc2n1. The lowest BCUT2D eigenvalue weighted by molar-refractivity contribution is 0.305. The van der Waals surface area contributed by atoms with Crippen LogP contribution in [0.5, 0.6) is 5.88 Å². The van der Waals surface area contributed by atoms with Gasteiger partial charge in [0, 0.05) is 11.8 Å². The molecule has 2 rings (SSSR count). The van der Waals surface area contributed by atoms with Gasteiger partial charge in [-0.25, -0.2) is 4.52 Å². The van der Waals surface area contributed by atoms with Gasteiger partial charge in [0.25, 0.3) is 5.56 Å². The number of rotatable bonds is 4. The first-order valence-corrected chi connectivity index (χ1v) is 5.87. The maximum absolute atomic E-state index is 11.8. The summed E-state index contributed by atoms with van der Waals surface area (Å²) in [5.41, 5.74) is 1.45. The van der Waals surface area contributed by atoms with E-state index in [2.05, 4.69) is 23.9 Å². The van der Waals surface area contributed by atoms with Crippen molar-refractivity contribution in [3.63, 3.8) is 0 Å². The smallest absolute Gasteiger partial charge is 0.276 e. The van der Waals surface area contributed by atoms with Crippen molar-refractivity contribution in [1.82, 2.24) is 14.6 Å². The second kappa shape index (κ2) is 4.61. The van der Waals surface area contributed by atoms with Gasteiger partial charge in [-0.15, -0.1) is 0 Å². The maximum atomic E-state index is 11.8. The first-order valence-electron chi connectivity index (χ1n) is 5.87. The molecule has 5 heteroatoms. The normalized spacial score (nSPS) is 11.3. The lowest BCUT2D eigenvalue weighted by atomic mass is 10.1. The number of hydrogen-bond donors (Lipinski definition) is 1. The van der Waals surface area contributed by atoms with E-state index in [1.165, 1.54) is 10.6 Å². The average Bonchev–Trinajstić information content (AvgIpc) is 2.71. The lowest BCUT2D eigenvalue weighted by Crippen LogP contribution is -2.15. The molecule has 0 radical (unpaired) electrons. The molecule has 5 nitrogen and oxygen atoms in total.